The number of ether oxygens (including phenoxy) is 1. The number of guanidine groups is 1. The van der Waals surface area contributed by atoms with Crippen LogP contribution in [-0.4, -0.2) is 63.7 Å². The van der Waals surface area contributed by atoms with Crippen LogP contribution in [0.15, 0.2) is 4.99 Å². The smallest absolute Gasteiger partial charge is 0.230 e. The fourth-order valence-corrected chi connectivity index (χ4v) is 4.80. The second kappa shape index (κ2) is 12.9. The van der Waals surface area contributed by atoms with Crippen molar-refractivity contribution >= 4 is 35.8 Å². The van der Waals surface area contributed by atoms with Crippen LogP contribution >= 0.6 is 24.0 Å². The number of nitrogens with zero attached hydrogens (tertiary/aromatic N) is 2. The Morgan fingerprint density at radius 1 is 1.18 bits per heavy atom. The molecule has 2 fully saturated rings. The topological polar surface area (TPSA) is 66.0 Å². The first-order valence-electron chi connectivity index (χ1n) is 10.8. The summed E-state index contributed by atoms with van der Waals surface area (Å²) in [5.74, 6) is 1.73. The number of halogens is 1. The highest BCUT2D eigenvalue weighted by Crippen LogP contribution is 2.38. The summed E-state index contributed by atoms with van der Waals surface area (Å²) >= 11 is 0. The molecule has 0 heterocycles. The first-order valence-corrected chi connectivity index (χ1v) is 10.8. The van der Waals surface area contributed by atoms with Gasteiger partial charge in [-0.2, -0.15) is 0 Å². The van der Waals surface area contributed by atoms with E-state index in [4.69, 9.17) is 4.74 Å². The van der Waals surface area contributed by atoms with Crippen LogP contribution in [0.2, 0.25) is 0 Å². The maximum absolute atomic E-state index is 12.7. The second-order valence-corrected chi connectivity index (χ2v) is 8.37. The molecule has 2 aliphatic rings. The van der Waals surface area contributed by atoms with E-state index in [0.717, 1.165) is 51.2 Å². The Labute approximate surface area is 188 Å². The van der Waals surface area contributed by atoms with Gasteiger partial charge < -0.3 is 20.3 Å². The van der Waals surface area contributed by atoms with E-state index in [-0.39, 0.29) is 35.3 Å². The second-order valence-electron chi connectivity index (χ2n) is 8.37. The number of hydrogen-bond acceptors (Lipinski definition) is 3. The molecular formula is C21H41IN4O2. The van der Waals surface area contributed by atoms with Crippen LogP contribution in [-0.2, 0) is 9.53 Å². The van der Waals surface area contributed by atoms with Gasteiger partial charge in [-0.15, -0.1) is 24.0 Å². The maximum atomic E-state index is 12.7. The Balaban J connectivity index is 0.00000392. The van der Waals surface area contributed by atoms with Crippen molar-refractivity contribution in [3.8, 4) is 0 Å². The fourth-order valence-electron chi connectivity index (χ4n) is 4.80. The lowest BCUT2D eigenvalue weighted by atomic mass is 9.84. The zero-order chi connectivity index (χ0) is 19.7. The Morgan fingerprint density at radius 3 is 2.36 bits per heavy atom. The van der Waals surface area contributed by atoms with Gasteiger partial charge in [0.15, 0.2) is 5.96 Å². The van der Waals surface area contributed by atoms with Crippen molar-refractivity contribution in [3.05, 3.63) is 0 Å². The standard InChI is InChI=1S/C21H40N4O2.HI/c1-5-27-18(17-10-6-7-11-17)12-15-23-20(22-2)24-16-21(13-8-9-14-21)19(26)25(3)4;/h17-18H,5-16H2,1-4H3,(H2,22,23,24);1H. The molecule has 0 aliphatic heterocycles. The average Bonchev–Trinajstić information content (AvgIpc) is 3.35. The van der Waals surface area contributed by atoms with E-state index in [1.165, 1.54) is 25.7 Å². The van der Waals surface area contributed by atoms with E-state index < -0.39 is 0 Å². The molecule has 2 rings (SSSR count). The van der Waals surface area contributed by atoms with Crippen molar-refractivity contribution < 1.29 is 9.53 Å². The van der Waals surface area contributed by atoms with Crippen LogP contribution < -0.4 is 10.6 Å². The normalized spacial score (nSPS) is 20.5. The van der Waals surface area contributed by atoms with Gasteiger partial charge in [-0.1, -0.05) is 25.7 Å². The highest BCUT2D eigenvalue weighted by atomic mass is 127. The minimum absolute atomic E-state index is 0. The zero-order valence-electron chi connectivity index (χ0n) is 18.3. The third-order valence-electron chi connectivity index (χ3n) is 6.27. The monoisotopic (exact) mass is 508 g/mol. The molecule has 28 heavy (non-hydrogen) atoms. The lowest BCUT2D eigenvalue weighted by Gasteiger charge is -2.31. The summed E-state index contributed by atoms with van der Waals surface area (Å²) in [5.41, 5.74) is -0.279. The number of amides is 1. The Bertz CT molecular complexity index is 487. The van der Waals surface area contributed by atoms with E-state index in [1.54, 1.807) is 11.9 Å². The number of rotatable bonds is 9. The van der Waals surface area contributed by atoms with Crippen molar-refractivity contribution in [3.63, 3.8) is 0 Å². The first kappa shape index (κ1) is 25.5. The number of aliphatic imine (C=N–C) groups is 1. The van der Waals surface area contributed by atoms with Crippen LogP contribution in [0, 0.1) is 11.3 Å². The highest BCUT2D eigenvalue weighted by molar-refractivity contribution is 14.0. The zero-order valence-corrected chi connectivity index (χ0v) is 20.6. The van der Waals surface area contributed by atoms with Crippen molar-refractivity contribution in [1.82, 2.24) is 15.5 Å². The molecule has 1 amide bonds. The molecule has 0 aromatic heterocycles. The molecule has 0 aromatic carbocycles. The molecule has 0 spiro atoms. The molecule has 2 saturated carbocycles. The predicted molar refractivity (Wildman–Crippen MR) is 126 cm³/mol. The van der Waals surface area contributed by atoms with E-state index >= 15 is 0 Å². The van der Waals surface area contributed by atoms with Crippen molar-refractivity contribution in [2.75, 3.05) is 40.8 Å². The Hall–Kier alpha value is -0.570. The molecule has 0 bridgehead atoms. The van der Waals surface area contributed by atoms with Gasteiger partial charge in [0.2, 0.25) is 5.91 Å². The largest absolute Gasteiger partial charge is 0.378 e. The lowest BCUT2D eigenvalue weighted by molar-refractivity contribution is -0.138. The van der Waals surface area contributed by atoms with E-state index in [2.05, 4.69) is 22.5 Å². The molecule has 6 nitrogen and oxygen atoms in total. The Morgan fingerprint density at radius 2 is 1.82 bits per heavy atom. The van der Waals surface area contributed by atoms with E-state index in [0.29, 0.717) is 18.6 Å². The molecule has 0 radical (unpaired) electrons. The lowest BCUT2D eigenvalue weighted by Crippen LogP contribution is -2.49. The first-order chi connectivity index (χ1) is 13.0. The third-order valence-corrected chi connectivity index (χ3v) is 6.27. The summed E-state index contributed by atoms with van der Waals surface area (Å²) in [6, 6.07) is 0. The minimum atomic E-state index is -0.279. The number of carbonyl (C=O) groups is 1. The molecule has 2 N–H and O–H groups in total. The van der Waals surface area contributed by atoms with Crippen LogP contribution in [0.3, 0.4) is 0 Å². The van der Waals surface area contributed by atoms with Crippen LogP contribution in [0.1, 0.15) is 64.7 Å². The van der Waals surface area contributed by atoms with Crippen molar-refractivity contribution in [1.29, 1.82) is 0 Å². The summed E-state index contributed by atoms with van der Waals surface area (Å²) in [4.78, 5) is 18.8. The minimum Gasteiger partial charge on any atom is -0.378 e. The van der Waals surface area contributed by atoms with Crippen molar-refractivity contribution in [2.45, 2.75) is 70.8 Å². The number of nitrogens with one attached hydrogen (secondary N) is 2. The highest BCUT2D eigenvalue weighted by Gasteiger charge is 2.42. The van der Waals surface area contributed by atoms with Gasteiger partial charge in [-0.25, -0.2) is 0 Å². The molecule has 0 aromatic rings. The number of hydrogen-bond donors (Lipinski definition) is 2. The summed E-state index contributed by atoms with van der Waals surface area (Å²) in [5, 5.41) is 6.84. The number of carbonyl (C=O) groups excluding carboxylic acids is 1. The average molecular weight is 508 g/mol. The summed E-state index contributed by atoms with van der Waals surface area (Å²) in [7, 11) is 5.50. The van der Waals surface area contributed by atoms with Crippen LogP contribution in [0.5, 0.6) is 0 Å². The predicted octanol–water partition coefficient (Wildman–Crippen LogP) is 3.40. The summed E-state index contributed by atoms with van der Waals surface area (Å²) in [6.07, 6.45) is 10.8. The van der Waals surface area contributed by atoms with Gasteiger partial charge in [0.1, 0.15) is 0 Å². The van der Waals surface area contributed by atoms with Gasteiger partial charge in [0.25, 0.3) is 0 Å². The van der Waals surface area contributed by atoms with Gasteiger partial charge in [-0.05, 0) is 44.9 Å². The summed E-state index contributed by atoms with van der Waals surface area (Å²) < 4.78 is 6.01. The molecule has 1 unspecified atom stereocenters. The van der Waals surface area contributed by atoms with Crippen LogP contribution in [0.4, 0.5) is 0 Å². The fraction of sp³-hybridized carbons (Fsp3) is 0.905. The molecule has 164 valence electrons. The maximum Gasteiger partial charge on any atom is 0.230 e. The molecule has 1 atom stereocenters. The SMILES string of the molecule is CCOC(CCNC(=NC)NCC1(C(=O)N(C)C)CCCC1)C1CCCC1.I. The third kappa shape index (κ3) is 7.04. The van der Waals surface area contributed by atoms with Gasteiger partial charge in [-0.3, -0.25) is 9.79 Å². The van der Waals surface area contributed by atoms with Gasteiger partial charge in [0, 0.05) is 40.8 Å². The molecule has 2 aliphatic carbocycles. The molecule has 0 saturated heterocycles. The van der Waals surface area contributed by atoms with Gasteiger partial charge >= 0.3 is 0 Å². The van der Waals surface area contributed by atoms with E-state index in [9.17, 15) is 4.79 Å². The van der Waals surface area contributed by atoms with Crippen LogP contribution in [0.25, 0.3) is 0 Å². The van der Waals surface area contributed by atoms with Crippen molar-refractivity contribution in [2.24, 2.45) is 16.3 Å². The van der Waals surface area contributed by atoms with E-state index in [1.807, 2.05) is 14.1 Å². The quantitative estimate of drug-likeness (QED) is 0.285. The molecular weight excluding hydrogens is 467 g/mol. The van der Waals surface area contributed by atoms with Gasteiger partial charge in [0.05, 0.1) is 11.5 Å². The Kier molecular flexibility index (Phi) is 11.7. The molecule has 7 heteroatoms. The summed E-state index contributed by atoms with van der Waals surface area (Å²) in [6.45, 7) is 4.36.